The highest BCUT2D eigenvalue weighted by Crippen LogP contribution is 2.38. The number of Topliss-reactive ketones (excluding diaryl/α,β-unsaturated/α-hetero) is 1. The first kappa shape index (κ1) is 29.4. The number of hydrogen-bond donors (Lipinski definition) is 3. The molecule has 5 rings (SSSR count). The number of nitrogens with one attached hydrogen (secondary N) is 2. The van der Waals surface area contributed by atoms with E-state index in [0.717, 1.165) is 32.2 Å². The van der Waals surface area contributed by atoms with Crippen LogP contribution in [0, 0.1) is 5.92 Å². The number of ether oxygens (including phenoxy) is 2. The first-order valence-corrected chi connectivity index (χ1v) is 14.5. The van der Waals surface area contributed by atoms with Gasteiger partial charge in [0.25, 0.3) is 0 Å². The quantitative estimate of drug-likeness (QED) is 0.247. The lowest BCUT2D eigenvalue weighted by Gasteiger charge is -2.36. The predicted molar refractivity (Wildman–Crippen MR) is 161 cm³/mol. The number of halogens is 1. The molecule has 1 saturated heterocycles. The molecule has 0 radical (unpaired) electrons. The lowest BCUT2D eigenvalue weighted by Crippen LogP contribution is -2.50. The van der Waals surface area contributed by atoms with Crippen molar-refractivity contribution in [1.29, 1.82) is 0 Å². The van der Waals surface area contributed by atoms with Crippen molar-refractivity contribution in [3.63, 3.8) is 0 Å². The Bertz CT molecular complexity index is 1450. The molecule has 1 aliphatic carbocycles. The van der Waals surface area contributed by atoms with Gasteiger partial charge in [0.15, 0.2) is 5.78 Å². The SMILES string of the molecule is COc1cc(CC(=O)C(Oc2ccc(C(=O)O)cc2)N2CCC3CCCCC32)ccc1NC(=O)Nc1ccccc1Cl. The average molecular weight is 592 g/mol. The van der Waals surface area contributed by atoms with Crippen molar-refractivity contribution in [3.8, 4) is 11.5 Å². The molecule has 1 aliphatic heterocycles. The maximum absolute atomic E-state index is 13.9. The fourth-order valence-electron chi connectivity index (χ4n) is 5.93. The standard InChI is InChI=1S/C32H34ClN3O6/c1-41-29-19-20(10-15-26(29)35-32(40)34-25-8-4-3-7-24(25)33)18-28(37)30(36-17-16-21-6-2-5-9-27(21)36)42-23-13-11-22(12-14-23)31(38)39/h3-4,7-8,10-15,19,21,27,30H,2,5-6,9,16-18H2,1H3,(H,38,39)(H2,34,35,40). The zero-order valence-electron chi connectivity index (χ0n) is 23.3. The van der Waals surface area contributed by atoms with Crippen LogP contribution in [-0.4, -0.2) is 53.7 Å². The number of hydrogen-bond acceptors (Lipinski definition) is 6. The van der Waals surface area contributed by atoms with Gasteiger partial charge in [0.05, 0.1) is 29.1 Å². The van der Waals surface area contributed by atoms with Gasteiger partial charge in [0.1, 0.15) is 11.5 Å². The summed E-state index contributed by atoms with van der Waals surface area (Å²) in [6, 6.07) is 18.1. The van der Waals surface area contributed by atoms with E-state index in [1.54, 1.807) is 54.6 Å². The van der Waals surface area contributed by atoms with E-state index < -0.39 is 18.2 Å². The maximum Gasteiger partial charge on any atom is 0.335 e. The molecule has 1 saturated carbocycles. The van der Waals surface area contributed by atoms with Crippen LogP contribution in [0.1, 0.15) is 48.0 Å². The van der Waals surface area contributed by atoms with Crippen molar-refractivity contribution < 1.29 is 29.0 Å². The Morgan fingerprint density at radius 1 is 0.976 bits per heavy atom. The summed E-state index contributed by atoms with van der Waals surface area (Å²) in [6.45, 7) is 0.770. The van der Waals surface area contributed by atoms with Crippen LogP contribution in [0.5, 0.6) is 11.5 Å². The molecular formula is C32H34ClN3O6. The minimum atomic E-state index is -1.02. The van der Waals surface area contributed by atoms with Crippen molar-refractivity contribution in [2.45, 2.75) is 50.8 Å². The van der Waals surface area contributed by atoms with Gasteiger partial charge in [-0.2, -0.15) is 0 Å². The second kappa shape index (κ2) is 13.3. The fourth-order valence-corrected chi connectivity index (χ4v) is 6.12. The molecule has 3 atom stereocenters. The predicted octanol–water partition coefficient (Wildman–Crippen LogP) is 6.47. The van der Waals surface area contributed by atoms with E-state index >= 15 is 0 Å². The molecule has 42 heavy (non-hydrogen) atoms. The summed E-state index contributed by atoms with van der Waals surface area (Å²) in [4.78, 5) is 39.9. The Balaban J connectivity index is 1.32. The van der Waals surface area contributed by atoms with Crippen LogP contribution in [0.3, 0.4) is 0 Å². The highest BCUT2D eigenvalue weighted by molar-refractivity contribution is 6.33. The van der Waals surface area contributed by atoms with Gasteiger partial charge >= 0.3 is 12.0 Å². The normalized spacial score (nSPS) is 18.9. The third-order valence-electron chi connectivity index (χ3n) is 7.99. The van der Waals surface area contributed by atoms with Crippen LogP contribution in [-0.2, 0) is 11.2 Å². The molecule has 3 aromatic carbocycles. The molecule has 0 spiro atoms. The Kier molecular flexibility index (Phi) is 9.29. The molecule has 1 heterocycles. The first-order chi connectivity index (χ1) is 20.3. The molecular weight excluding hydrogens is 558 g/mol. The molecule has 9 nitrogen and oxygen atoms in total. The number of rotatable bonds is 10. The molecule has 2 fully saturated rings. The van der Waals surface area contributed by atoms with Gasteiger partial charge in [0, 0.05) is 19.0 Å². The summed E-state index contributed by atoms with van der Waals surface area (Å²) in [5.74, 6) is 0.272. The third-order valence-corrected chi connectivity index (χ3v) is 8.32. The van der Waals surface area contributed by atoms with Crippen LogP contribution in [0.2, 0.25) is 5.02 Å². The number of aromatic carboxylic acids is 1. The van der Waals surface area contributed by atoms with Crippen LogP contribution < -0.4 is 20.1 Å². The van der Waals surface area contributed by atoms with E-state index in [9.17, 15) is 19.5 Å². The number of ketones is 1. The minimum Gasteiger partial charge on any atom is -0.495 e. The van der Waals surface area contributed by atoms with Gasteiger partial charge in [-0.25, -0.2) is 9.59 Å². The lowest BCUT2D eigenvalue weighted by atomic mass is 9.85. The molecule has 2 aliphatic rings. The smallest absolute Gasteiger partial charge is 0.335 e. The van der Waals surface area contributed by atoms with Gasteiger partial charge in [-0.3, -0.25) is 9.69 Å². The van der Waals surface area contributed by atoms with Crippen molar-refractivity contribution in [1.82, 2.24) is 4.90 Å². The first-order valence-electron chi connectivity index (χ1n) is 14.1. The number of para-hydroxylation sites is 1. The van der Waals surface area contributed by atoms with Crippen LogP contribution in [0.4, 0.5) is 16.2 Å². The second-order valence-corrected chi connectivity index (χ2v) is 11.1. The van der Waals surface area contributed by atoms with Gasteiger partial charge in [0.2, 0.25) is 6.23 Å². The topological polar surface area (TPSA) is 117 Å². The average Bonchev–Trinajstić information content (AvgIpc) is 3.42. The third kappa shape index (κ3) is 6.86. The van der Waals surface area contributed by atoms with Gasteiger partial charge in [-0.1, -0.05) is 42.6 Å². The Labute approximate surface area is 249 Å². The lowest BCUT2D eigenvalue weighted by molar-refractivity contribution is -0.135. The highest BCUT2D eigenvalue weighted by Gasteiger charge is 2.42. The molecule has 0 aromatic heterocycles. The van der Waals surface area contributed by atoms with Gasteiger partial charge in [-0.15, -0.1) is 0 Å². The molecule has 3 N–H and O–H groups in total. The Morgan fingerprint density at radius 2 is 1.71 bits per heavy atom. The summed E-state index contributed by atoms with van der Waals surface area (Å²) in [5, 5.41) is 15.2. The minimum absolute atomic E-state index is 0.0915. The van der Waals surface area contributed by atoms with E-state index in [0.29, 0.717) is 39.4 Å². The van der Waals surface area contributed by atoms with Crippen LogP contribution >= 0.6 is 11.6 Å². The summed E-state index contributed by atoms with van der Waals surface area (Å²) in [6.07, 6.45) is 4.84. The van der Waals surface area contributed by atoms with Crippen LogP contribution in [0.25, 0.3) is 0 Å². The number of likely N-dealkylation sites (tertiary alicyclic amines) is 1. The maximum atomic E-state index is 13.9. The van der Waals surface area contributed by atoms with Crippen molar-refractivity contribution in [2.75, 3.05) is 24.3 Å². The number of fused-ring (bicyclic) bond motifs is 1. The van der Waals surface area contributed by atoms with Crippen molar-refractivity contribution in [3.05, 3.63) is 82.9 Å². The zero-order valence-corrected chi connectivity index (χ0v) is 24.1. The van der Waals surface area contributed by atoms with Gasteiger partial charge < -0.3 is 25.2 Å². The van der Waals surface area contributed by atoms with E-state index in [-0.39, 0.29) is 23.8 Å². The van der Waals surface area contributed by atoms with Crippen molar-refractivity contribution in [2.24, 2.45) is 5.92 Å². The number of carbonyl (C=O) groups is 3. The number of amides is 2. The second-order valence-electron chi connectivity index (χ2n) is 10.7. The number of methoxy groups -OCH3 is 1. The monoisotopic (exact) mass is 591 g/mol. The molecule has 0 bridgehead atoms. The van der Waals surface area contributed by atoms with Crippen molar-refractivity contribution >= 4 is 40.8 Å². The number of urea groups is 1. The van der Waals surface area contributed by atoms with E-state index in [4.69, 9.17) is 21.1 Å². The van der Waals surface area contributed by atoms with E-state index in [1.165, 1.54) is 25.7 Å². The van der Waals surface area contributed by atoms with Crippen LogP contribution in [0.15, 0.2) is 66.7 Å². The largest absolute Gasteiger partial charge is 0.495 e. The highest BCUT2D eigenvalue weighted by atomic mass is 35.5. The fraction of sp³-hybridized carbons (Fsp3) is 0.344. The molecule has 3 aromatic rings. The summed E-state index contributed by atoms with van der Waals surface area (Å²) >= 11 is 6.14. The summed E-state index contributed by atoms with van der Waals surface area (Å²) in [7, 11) is 1.50. The van der Waals surface area contributed by atoms with E-state index in [1.807, 2.05) is 0 Å². The molecule has 2 amide bonds. The summed E-state index contributed by atoms with van der Waals surface area (Å²) in [5.41, 5.74) is 1.78. The number of carboxylic acid groups (broad SMARTS) is 1. The van der Waals surface area contributed by atoms with E-state index in [2.05, 4.69) is 15.5 Å². The van der Waals surface area contributed by atoms with Gasteiger partial charge in [-0.05, 0) is 79.3 Å². The molecule has 220 valence electrons. The number of carboxylic acids is 1. The number of nitrogens with zero attached hydrogens (tertiary/aromatic N) is 1. The zero-order chi connectivity index (χ0) is 29.6. The summed E-state index contributed by atoms with van der Waals surface area (Å²) < 4.78 is 11.8. The number of anilines is 2. The molecule has 10 heteroatoms. The molecule has 3 unspecified atom stereocenters. The Hall–Kier alpha value is -4.08. The Morgan fingerprint density at radius 3 is 2.45 bits per heavy atom. The number of benzene rings is 3. The number of carbonyl (C=O) groups excluding carboxylic acids is 2.